The van der Waals surface area contributed by atoms with Gasteiger partial charge in [-0.05, 0) is 56.7 Å². The molecule has 0 spiro atoms. The predicted octanol–water partition coefficient (Wildman–Crippen LogP) is 4.20. The van der Waals surface area contributed by atoms with E-state index >= 15 is 0 Å². The zero-order chi connectivity index (χ0) is 22.3. The van der Waals surface area contributed by atoms with Gasteiger partial charge in [-0.3, -0.25) is 4.79 Å². The van der Waals surface area contributed by atoms with E-state index in [0.717, 1.165) is 50.0 Å². The van der Waals surface area contributed by atoms with E-state index in [-0.39, 0.29) is 16.7 Å². The Balaban J connectivity index is 1.86. The number of alkyl halides is 2. The number of nitrogens with zero attached hydrogens (tertiary/aromatic N) is 3. The van der Waals surface area contributed by atoms with Gasteiger partial charge >= 0.3 is 0 Å². The van der Waals surface area contributed by atoms with E-state index < -0.39 is 6.43 Å². The first kappa shape index (κ1) is 21.7. The monoisotopic (exact) mass is 428 g/mol. The molecule has 0 amide bonds. The summed E-state index contributed by atoms with van der Waals surface area (Å²) in [7, 11) is 0. The molecule has 3 aliphatic heterocycles. The highest BCUT2D eigenvalue weighted by atomic mass is 19.3. The lowest BCUT2D eigenvalue weighted by atomic mass is 9.79. The Morgan fingerprint density at radius 2 is 1.77 bits per heavy atom. The summed E-state index contributed by atoms with van der Waals surface area (Å²) in [4.78, 5) is 20.3. The fourth-order valence-corrected chi connectivity index (χ4v) is 5.12. The molecule has 166 valence electrons. The molecule has 3 saturated heterocycles. The maximum atomic E-state index is 13.4. The number of hydrogen-bond donors (Lipinski definition) is 1. The summed E-state index contributed by atoms with van der Waals surface area (Å²) in [5.74, 6) is 0.365. The van der Waals surface area contributed by atoms with Gasteiger partial charge in [0.2, 0.25) is 0 Å². The van der Waals surface area contributed by atoms with E-state index in [1.165, 1.54) is 6.07 Å². The Morgan fingerprint density at radius 1 is 1.13 bits per heavy atom. The van der Waals surface area contributed by atoms with Crippen LogP contribution in [0.2, 0.25) is 0 Å². The van der Waals surface area contributed by atoms with Crippen LogP contribution in [-0.2, 0) is 12.0 Å². The summed E-state index contributed by atoms with van der Waals surface area (Å²) in [5, 5.41) is 0. The number of amidine groups is 1. The second kappa shape index (κ2) is 8.19. The first-order valence-electron chi connectivity index (χ1n) is 10.9. The van der Waals surface area contributed by atoms with Crippen LogP contribution in [0.15, 0.2) is 34.2 Å². The van der Waals surface area contributed by atoms with Crippen molar-refractivity contribution in [3.63, 3.8) is 0 Å². The molecule has 31 heavy (non-hydrogen) atoms. The maximum absolute atomic E-state index is 13.4. The van der Waals surface area contributed by atoms with Crippen LogP contribution in [0.5, 0.6) is 0 Å². The summed E-state index contributed by atoms with van der Waals surface area (Å²) in [6.07, 6.45) is 2.67. The van der Waals surface area contributed by atoms with Crippen molar-refractivity contribution in [3.05, 3.63) is 62.6 Å². The highest BCUT2D eigenvalue weighted by Gasteiger charge is 2.41. The van der Waals surface area contributed by atoms with Gasteiger partial charge in [0.05, 0.1) is 17.1 Å². The number of fused-ring (bicyclic) bond motifs is 3. The van der Waals surface area contributed by atoms with Crippen molar-refractivity contribution < 1.29 is 8.78 Å². The van der Waals surface area contributed by atoms with Gasteiger partial charge in [-0.1, -0.05) is 18.2 Å². The van der Waals surface area contributed by atoms with Crippen LogP contribution in [-0.4, -0.2) is 34.9 Å². The zero-order valence-corrected chi connectivity index (χ0v) is 18.4. The highest BCUT2D eigenvalue weighted by molar-refractivity contribution is 5.81. The molecule has 3 fully saturated rings. The third-order valence-corrected chi connectivity index (χ3v) is 7.07. The van der Waals surface area contributed by atoms with Gasteiger partial charge in [-0.2, -0.15) is 0 Å². The average Bonchev–Trinajstić information content (AvgIpc) is 2.75. The quantitative estimate of drug-likeness (QED) is 0.574. The van der Waals surface area contributed by atoms with Gasteiger partial charge in [0, 0.05) is 43.4 Å². The number of piperidine rings is 3. The van der Waals surface area contributed by atoms with Crippen molar-refractivity contribution in [2.24, 2.45) is 10.7 Å². The van der Waals surface area contributed by atoms with Crippen LogP contribution >= 0.6 is 0 Å². The lowest BCUT2D eigenvalue weighted by molar-refractivity contribution is 0.0323. The normalized spacial score (nSPS) is 23.5. The minimum Gasteiger partial charge on any atom is -0.387 e. The molecule has 1 aromatic carbocycles. The number of aliphatic imine (C=N–C) groups is 1. The molecular formula is C24H30F2N4O. The largest absolute Gasteiger partial charge is 0.387 e. The standard InChI is InChI=1S/C24H30F2N4O/c1-15-18(5-4-6-20(15)22(25)26)13-19-14-30(23(31)16(2)21(19)28-17(3)27)24-7-10-29(11-8-24)12-9-24/h4-6,14,22H,7-13H2,1-3H3,(H2,27,28). The number of hydrogen-bond acceptors (Lipinski definition) is 3. The maximum Gasteiger partial charge on any atom is 0.264 e. The number of benzene rings is 1. The number of nitrogens with two attached hydrogens (primary N) is 1. The fourth-order valence-electron chi connectivity index (χ4n) is 5.12. The molecule has 2 N–H and O–H groups in total. The summed E-state index contributed by atoms with van der Waals surface area (Å²) in [6, 6.07) is 5.00. The highest BCUT2D eigenvalue weighted by Crippen LogP contribution is 2.39. The summed E-state index contributed by atoms with van der Waals surface area (Å²) in [5.41, 5.74) is 9.07. The van der Waals surface area contributed by atoms with Crippen LogP contribution in [0.1, 0.15) is 60.4 Å². The van der Waals surface area contributed by atoms with E-state index in [1.54, 1.807) is 26.8 Å². The Bertz CT molecular complexity index is 1060. The first-order valence-corrected chi connectivity index (χ1v) is 10.9. The Hall–Kier alpha value is -2.54. The molecule has 2 aromatic rings. The Labute approximate surface area is 181 Å². The molecule has 5 rings (SSSR count). The fraction of sp³-hybridized carbons (Fsp3) is 0.500. The third kappa shape index (κ3) is 3.91. The number of aromatic nitrogens is 1. The van der Waals surface area contributed by atoms with E-state index in [1.807, 2.05) is 16.8 Å². The number of halogens is 2. The van der Waals surface area contributed by atoms with Crippen molar-refractivity contribution in [1.29, 1.82) is 0 Å². The van der Waals surface area contributed by atoms with E-state index in [2.05, 4.69) is 9.89 Å². The molecule has 1 aromatic heterocycles. The van der Waals surface area contributed by atoms with Crippen molar-refractivity contribution >= 4 is 11.5 Å². The van der Waals surface area contributed by atoms with E-state index in [9.17, 15) is 13.6 Å². The van der Waals surface area contributed by atoms with Gasteiger partial charge in [-0.25, -0.2) is 13.8 Å². The van der Waals surface area contributed by atoms with Crippen molar-refractivity contribution in [1.82, 2.24) is 9.47 Å². The van der Waals surface area contributed by atoms with Crippen molar-refractivity contribution in [3.8, 4) is 0 Å². The third-order valence-electron chi connectivity index (χ3n) is 7.07. The first-order chi connectivity index (χ1) is 14.7. The van der Waals surface area contributed by atoms with Crippen molar-refractivity contribution in [2.75, 3.05) is 19.6 Å². The number of rotatable bonds is 5. The topological polar surface area (TPSA) is 63.6 Å². The SMILES string of the molecule is C/C(N)=N/c1c(Cc2cccc(C(F)F)c2C)cn(C23CCN(CC2)CC3)c(=O)c1C. The van der Waals surface area contributed by atoms with Crippen LogP contribution in [0.4, 0.5) is 14.5 Å². The molecule has 0 radical (unpaired) electrons. The van der Waals surface area contributed by atoms with Crippen LogP contribution in [0.3, 0.4) is 0 Å². The molecule has 2 bridgehead atoms. The molecule has 5 nitrogen and oxygen atoms in total. The smallest absolute Gasteiger partial charge is 0.264 e. The van der Waals surface area contributed by atoms with E-state index in [4.69, 9.17) is 5.73 Å². The van der Waals surface area contributed by atoms with Gasteiger partial charge in [0.25, 0.3) is 12.0 Å². The van der Waals surface area contributed by atoms with Crippen LogP contribution in [0.25, 0.3) is 0 Å². The van der Waals surface area contributed by atoms with E-state index in [0.29, 0.717) is 29.1 Å². The van der Waals surface area contributed by atoms with Crippen LogP contribution < -0.4 is 11.3 Å². The molecule has 7 heteroatoms. The van der Waals surface area contributed by atoms with Crippen molar-refractivity contribution in [2.45, 2.75) is 58.4 Å². The minimum absolute atomic E-state index is 0.0304. The average molecular weight is 429 g/mol. The molecule has 0 saturated carbocycles. The van der Waals surface area contributed by atoms with Gasteiger partial charge in [-0.15, -0.1) is 0 Å². The molecular weight excluding hydrogens is 398 g/mol. The molecule has 3 aliphatic rings. The van der Waals surface area contributed by atoms with Gasteiger partial charge in [0.15, 0.2) is 0 Å². The molecule has 0 atom stereocenters. The second-order valence-corrected chi connectivity index (χ2v) is 8.98. The summed E-state index contributed by atoms with van der Waals surface area (Å²) >= 11 is 0. The molecule has 0 aliphatic carbocycles. The summed E-state index contributed by atoms with van der Waals surface area (Å²) in [6.45, 7) is 8.20. The zero-order valence-electron chi connectivity index (χ0n) is 18.4. The predicted molar refractivity (Wildman–Crippen MR) is 120 cm³/mol. The lowest BCUT2D eigenvalue weighted by Gasteiger charge is -2.49. The van der Waals surface area contributed by atoms with Gasteiger partial charge in [0.1, 0.15) is 0 Å². The number of pyridine rings is 1. The summed E-state index contributed by atoms with van der Waals surface area (Å²) < 4.78 is 28.8. The second-order valence-electron chi connectivity index (χ2n) is 8.98. The molecule has 0 unspecified atom stereocenters. The lowest BCUT2D eigenvalue weighted by Crippen LogP contribution is -2.56. The van der Waals surface area contributed by atoms with Crippen LogP contribution in [0, 0.1) is 13.8 Å². The molecule has 4 heterocycles. The Morgan fingerprint density at radius 3 is 2.35 bits per heavy atom. The van der Waals surface area contributed by atoms with Gasteiger partial charge < -0.3 is 15.2 Å². The Kier molecular flexibility index (Phi) is 5.73. The minimum atomic E-state index is -2.52.